The lowest BCUT2D eigenvalue weighted by Gasteiger charge is -2.17. The summed E-state index contributed by atoms with van der Waals surface area (Å²) in [5.74, 6) is -0.688. The van der Waals surface area contributed by atoms with Crippen LogP contribution in [0.25, 0.3) is 0 Å². The van der Waals surface area contributed by atoms with Crippen LogP contribution < -0.4 is 10.1 Å². The van der Waals surface area contributed by atoms with E-state index in [1.807, 2.05) is 6.08 Å². The van der Waals surface area contributed by atoms with E-state index >= 15 is 0 Å². The molecular formula is C16H19NO4. The molecule has 0 bridgehead atoms. The lowest BCUT2D eigenvalue weighted by Crippen LogP contribution is -2.30. The van der Waals surface area contributed by atoms with Crippen LogP contribution in [0.15, 0.2) is 30.4 Å². The van der Waals surface area contributed by atoms with Crippen molar-refractivity contribution in [2.24, 2.45) is 5.92 Å². The predicted octanol–water partition coefficient (Wildman–Crippen LogP) is 2.37. The molecule has 1 aliphatic rings. The SMILES string of the molecule is COc1ccc(CNC(=O)C2CC=CCC2)cc1C(=O)O. The first-order valence-corrected chi connectivity index (χ1v) is 6.94. The summed E-state index contributed by atoms with van der Waals surface area (Å²) in [5.41, 5.74) is 0.845. The topological polar surface area (TPSA) is 75.6 Å². The van der Waals surface area contributed by atoms with Gasteiger partial charge in [-0.1, -0.05) is 18.2 Å². The Bertz CT molecular complexity index is 565. The molecule has 1 aromatic carbocycles. The molecule has 5 heteroatoms. The number of allylic oxidation sites excluding steroid dienone is 2. The summed E-state index contributed by atoms with van der Waals surface area (Å²) in [5, 5.41) is 12.0. The summed E-state index contributed by atoms with van der Waals surface area (Å²) in [6.45, 7) is 0.323. The van der Waals surface area contributed by atoms with Gasteiger partial charge in [0.05, 0.1) is 7.11 Å². The molecule has 1 amide bonds. The Morgan fingerprint density at radius 2 is 2.19 bits per heavy atom. The van der Waals surface area contributed by atoms with E-state index in [4.69, 9.17) is 9.84 Å². The minimum atomic E-state index is -1.04. The first kappa shape index (κ1) is 15.1. The molecule has 0 aromatic heterocycles. The standard InChI is InChI=1S/C16H19NO4/c1-21-14-8-7-11(9-13(14)16(19)20)10-17-15(18)12-5-3-2-4-6-12/h2-3,7-9,12H,4-6,10H2,1H3,(H,17,18)(H,19,20). The van der Waals surface area contributed by atoms with Gasteiger partial charge in [-0.3, -0.25) is 4.79 Å². The van der Waals surface area contributed by atoms with E-state index in [1.54, 1.807) is 12.1 Å². The number of hydrogen-bond donors (Lipinski definition) is 2. The van der Waals surface area contributed by atoms with Gasteiger partial charge in [-0.05, 0) is 37.0 Å². The van der Waals surface area contributed by atoms with Crippen LogP contribution in [0.4, 0.5) is 0 Å². The number of amides is 1. The number of carboxylic acids is 1. The number of hydrogen-bond acceptors (Lipinski definition) is 3. The highest BCUT2D eigenvalue weighted by Crippen LogP contribution is 2.21. The second kappa shape index (κ2) is 6.92. The second-order valence-electron chi connectivity index (χ2n) is 5.04. The zero-order valence-electron chi connectivity index (χ0n) is 12.0. The number of methoxy groups -OCH3 is 1. The van der Waals surface area contributed by atoms with Gasteiger partial charge in [0, 0.05) is 12.5 Å². The van der Waals surface area contributed by atoms with E-state index in [0.29, 0.717) is 12.3 Å². The van der Waals surface area contributed by atoms with Gasteiger partial charge in [-0.2, -0.15) is 0 Å². The van der Waals surface area contributed by atoms with Gasteiger partial charge >= 0.3 is 5.97 Å². The van der Waals surface area contributed by atoms with E-state index in [2.05, 4.69) is 11.4 Å². The molecule has 0 saturated carbocycles. The van der Waals surface area contributed by atoms with Crippen molar-refractivity contribution in [2.45, 2.75) is 25.8 Å². The van der Waals surface area contributed by atoms with Crippen LogP contribution in [-0.4, -0.2) is 24.1 Å². The number of ether oxygens (including phenoxy) is 1. The maximum Gasteiger partial charge on any atom is 0.339 e. The van der Waals surface area contributed by atoms with E-state index in [0.717, 1.165) is 24.8 Å². The van der Waals surface area contributed by atoms with Crippen molar-refractivity contribution < 1.29 is 19.4 Å². The summed E-state index contributed by atoms with van der Waals surface area (Å²) in [7, 11) is 1.43. The van der Waals surface area contributed by atoms with Gasteiger partial charge in [0.1, 0.15) is 11.3 Å². The third-order valence-corrected chi connectivity index (χ3v) is 3.60. The molecule has 0 spiro atoms. The number of carbonyl (C=O) groups is 2. The van der Waals surface area contributed by atoms with Crippen molar-refractivity contribution in [3.63, 3.8) is 0 Å². The quantitative estimate of drug-likeness (QED) is 0.816. The van der Waals surface area contributed by atoms with Crippen molar-refractivity contribution in [1.29, 1.82) is 0 Å². The number of aromatic carboxylic acids is 1. The Labute approximate surface area is 123 Å². The van der Waals surface area contributed by atoms with Crippen molar-refractivity contribution >= 4 is 11.9 Å². The van der Waals surface area contributed by atoms with Crippen LogP contribution in [0.2, 0.25) is 0 Å². The maximum absolute atomic E-state index is 12.0. The molecular weight excluding hydrogens is 270 g/mol. The van der Waals surface area contributed by atoms with Gasteiger partial charge in [-0.15, -0.1) is 0 Å². The fraction of sp³-hybridized carbons (Fsp3) is 0.375. The molecule has 5 nitrogen and oxygen atoms in total. The van der Waals surface area contributed by atoms with Crippen LogP contribution in [-0.2, 0) is 11.3 Å². The average Bonchev–Trinajstić information content (AvgIpc) is 2.53. The van der Waals surface area contributed by atoms with Crippen LogP contribution in [0.5, 0.6) is 5.75 Å². The Kier molecular flexibility index (Phi) is 4.98. The molecule has 0 saturated heterocycles. The fourth-order valence-electron chi connectivity index (χ4n) is 2.40. The van der Waals surface area contributed by atoms with Crippen molar-refractivity contribution in [3.05, 3.63) is 41.5 Å². The van der Waals surface area contributed by atoms with Gasteiger partial charge in [0.15, 0.2) is 0 Å². The van der Waals surface area contributed by atoms with Gasteiger partial charge in [-0.25, -0.2) is 4.79 Å². The minimum Gasteiger partial charge on any atom is -0.496 e. The van der Waals surface area contributed by atoms with Crippen LogP contribution in [0, 0.1) is 5.92 Å². The van der Waals surface area contributed by atoms with Crippen molar-refractivity contribution in [1.82, 2.24) is 5.32 Å². The third kappa shape index (κ3) is 3.84. The third-order valence-electron chi connectivity index (χ3n) is 3.60. The first-order chi connectivity index (χ1) is 10.1. The number of rotatable bonds is 5. The van der Waals surface area contributed by atoms with Gasteiger partial charge in [0.25, 0.3) is 0 Å². The first-order valence-electron chi connectivity index (χ1n) is 6.94. The molecule has 1 atom stereocenters. The fourth-order valence-corrected chi connectivity index (χ4v) is 2.40. The molecule has 1 aromatic rings. The molecule has 21 heavy (non-hydrogen) atoms. The van der Waals surface area contributed by atoms with Crippen LogP contribution in [0.1, 0.15) is 35.2 Å². The zero-order chi connectivity index (χ0) is 15.2. The Hall–Kier alpha value is -2.30. The highest BCUT2D eigenvalue weighted by Gasteiger charge is 2.18. The molecule has 0 radical (unpaired) electrons. The smallest absolute Gasteiger partial charge is 0.339 e. The summed E-state index contributed by atoms with van der Waals surface area (Å²) in [6.07, 6.45) is 6.69. The zero-order valence-corrected chi connectivity index (χ0v) is 12.0. The van der Waals surface area contributed by atoms with E-state index in [9.17, 15) is 9.59 Å². The molecule has 0 fully saturated rings. The normalized spacial score (nSPS) is 17.3. The largest absolute Gasteiger partial charge is 0.496 e. The highest BCUT2D eigenvalue weighted by molar-refractivity contribution is 5.91. The van der Waals surface area contributed by atoms with E-state index < -0.39 is 5.97 Å². The predicted molar refractivity (Wildman–Crippen MR) is 78.3 cm³/mol. The highest BCUT2D eigenvalue weighted by atomic mass is 16.5. The lowest BCUT2D eigenvalue weighted by atomic mass is 9.93. The van der Waals surface area contributed by atoms with Crippen molar-refractivity contribution in [2.75, 3.05) is 7.11 Å². The Morgan fingerprint density at radius 3 is 2.81 bits per heavy atom. The summed E-state index contributed by atoms with van der Waals surface area (Å²) >= 11 is 0. The Balaban J connectivity index is 1.99. The summed E-state index contributed by atoms with van der Waals surface area (Å²) in [4.78, 5) is 23.2. The van der Waals surface area contributed by atoms with E-state index in [-0.39, 0.29) is 17.4 Å². The molecule has 1 unspecified atom stereocenters. The minimum absolute atomic E-state index is 0.0204. The second-order valence-corrected chi connectivity index (χ2v) is 5.04. The molecule has 112 valence electrons. The monoisotopic (exact) mass is 289 g/mol. The summed E-state index contributed by atoms with van der Waals surface area (Å²) < 4.78 is 5.01. The van der Waals surface area contributed by atoms with E-state index in [1.165, 1.54) is 13.2 Å². The van der Waals surface area contributed by atoms with Crippen molar-refractivity contribution in [3.8, 4) is 5.75 Å². The molecule has 0 aliphatic heterocycles. The number of benzene rings is 1. The molecule has 0 heterocycles. The van der Waals surface area contributed by atoms with Gasteiger partial charge < -0.3 is 15.2 Å². The number of carboxylic acid groups (broad SMARTS) is 1. The molecule has 2 N–H and O–H groups in total. The van der Waals surface area contributed by atoms with Gasteiger partial charge in [0.2, 0.25) is 5.91 Å². The Morgan fingerprint density at radius 1 is 1.38 bits per heavy atom. The van der Waals surface area contributed by atoms with Crippen LogP contribution in [0.3, 0.4) is 0 Å². The van der Waals surface area contributed by atoms with Crippen LogP contribution >= 0.6 is 0 Å². The molecule has 2 rings (SSSR count). The molecule has 1 aliphatic carbocycles. The maximum atomic E-state index is 12.0. The number of nitrogens with one attached hydrogen (secondary N) is 1. The lowest BCUT2D eigenvalue weighted by molar-refractivity contribution is -0.125. The average molecular weight is 289 g/mol. The number of carbonyl (C=O) groups excluding carboxylic acids is 1. The summed E-state index contributed by atoms with van der Waals surface area (Å²) in [6, 6.07) is 4.89.